The molecule has 0 bridgehead atoms. The molecule has 8 nitrogen and oxygen atoms in total. The van der Waals surface area contributed by atoms with Crippen molar-refractivity contribution in [1.29, 1.82) is 0 Å². The Morgan fingerprint density at radius 1 is 1.09 bits per heavy atom. The molecular weight excluding hydrogens is 436 g/mol. The zero-order chi connectivity index (χ0) is 24.2. The van der Waals surface area contributed by atoms with Crippen LogP contribution >= 0.6 is 0 Å². The van der Waals surface area contributed by atoms with Gasteiger partial charge in [-0.05, 0) is 48.9 Å². The molecule has 2 aromatic carbocycles. The topological polar surface area (TPSA) is 105 Å². The summed E-state index contributed by atoms with van der Waals surface area (Å²) < 4.78 is 11.3. The van der Waals surface area contributed by atoms with Gasteiger partial charge >= 0.3 is 12.1 Å². The van der Waals surface area contributed by atoms with E-state index >= 15 is 0 Å². The standard InChI is InChI=1S/C26H30N2O6/c1-3-28(16(2)25(30)31)24(29)23-13-12-17(34-23)14-27-26(32)33-15-22-20-10-6-4-8-18(20)19-9-5-7-11-21(19)22/h4-11,16-17,22-23H,3,12-15H2,1-2H3,(H,27,32)(H,30,31). The fourth-order valence-electron chi connectivity index (χ4n) is 4.82. The number of benzene rings is 2. The second-order valence-corrected chi connectivity index (χ2v) is 8.67. The van der Waals surface area contributed by atoms with Crippen LogP contribution in [0.2, 0.25) is 0 Å². The van der Waals surface area contributed by atoms with Crippen molar-refractivity contribution in [2.75, 3.05) is 19.7 Å². The number of aliphatic carboxylic acids is 1. The first-order valence-corrected chi connectivity index (χ1v) is 11.7. The van der Waals surface area contributed by atoms with Crippen LogP contribution in [-0.2, 0) is 19.1 Å². The maximum absolute atomic E-state index is 12.7. The molecule has 1 aliphatic heterocycles. The van der Waals surface area contributed by atoms with Gasteiger partial charge in [0.05, 0.1) is 6.10 Å². The number of carboxylic acid groups (broad SMARTS) is 1. The number of likely N-dealkylation sites (N-methyl/N-ethyl adjacent to an activating group) is 1. The van der Waals surface area contributed by atoms with E-state index in [4.69, 9.17) is 9.47 Å². The van der Waals surface area contributed by atoms with E-state index in [0.717, 1.165) is 11.1 Å². The second kappa shape index (κ2) is 10.3. The van der Waals surface area contributed by atoms with Gasteiger partial charge in [-0.25, -0.2) is 9.59 Å². The molecule has 1 saturated heterocycles. The van der Waals surface area contributed by atoms with Gasteiger partial charge in [0, 0.05) is 19.0 Å². The SMILES string of the molecule is CCN(C(=O)C1CCC(CNC(=O)OCC2c3ccccc3-c3ccccc32)O1)C(C)C(=O)O. The summed E-state index contributed by atoms with van der Waals surface area (Å²) >= 11 is 0. The van der Waals surface area contributed by atoms with E-state index < -0.39 is 24.2 Å². The average molecular weight is 467 g/mol. The fourth-order valence-corrected chi connectivity index (χ4v) is 4.82. The third kappa shape index (κ3) is 4.77. The molecule has 3 unspecified atom stereocenters. The van der Waals surface area contributed by atoms with Crippen molar-refractivity contribution in [3.63, 3.8) is 0 Å². The first-order chi connectivity index (χ1) is 16.4. The molecule has 0 radical (unpaired) electrons. The van der Waals surface area contributed by atoms with Gasteiger partial charge in [0.15, 0.2) is 0 Å². The molecule has 2 aliphatic rings. The molecule has 1 heterocycles. The molecule has 8 heteroatoms. The molecular formula is C26H30N2O6. The number of nitrogens with one attached hydrogen (secondary N) is 1. The number of nitrogens with zero attached hydrogens (tertiary/aromatic N) is 1. The van der Waals surface area contributed by atoms with Gasteiger partial charge in [0.2, 0.25) is 0 Å². The highest BCUT2D eigenvalue weighted by Crippen LogP contribution is 2.44. The molecule has 180 valence electrons. The number of carboxylic acids is 1. The quantitative estimate of drug-likeness (QED) is 0.618. The van der Waals surface area contributed by atoms with E-state index in [1.165, 1.54) is 23.0 Å². The fraction of sp³-hybridized carbons (Fsp3) is 0.423. The molecule has 1 aliphatic carbocycles. The van der Waals surface area contributed by atoms with E-state index in [0.29, 0.717) is 12.8 Å². The van der Waals surface area contributed by atoms with Crippen LogP contribution in [0.5, 0.6) is 0 Å². The maximum Gasteiger partial charge on any atom is 0.407 e. The van der Waals surface area contributed by atoms with E-state index in [9.17, 15) is 19.5 Å². The lowest BCUT2D eigenvalue weighted by molar-refractivity contribution is -0.154. The Morgan fingerprint density at radius 2 is 1.71 bits per heavy atom. The summed E-state index contributed by atoms with van der Waals surface area (Å²) in [5.74, 6) is -1.40. The first kappa shape index (κ1) is 23.8. The number of rotatable bonds is 8. The molecule has 34 heavy (non-hydrogen) atoms. The van der Waals surface area contributed by atoms with Gasteiger partial charge in [0.1, 0.15) is 18.8 Å². The van der Waals surface area contributed by atoms with E-state index in [-0.39, 0.29) is 37.6 Å². The molecule has 1 fully saturated rings. The minimum absolute atomic E-state index is 0.0147. The van der Waals surface area contributed by atoms with Gasteiger partial charge < -0.3 is 24.8 Å². The number of hydrogen-bond donors (Lipinski definition) is 2. The minimum Gasteiger partial charge on any atom is -0.480 e. The second-order valence-electron chi connectivity index (χ2n) is 8.67. The van der Waals surface area contributed by atoms with Crippen molar-refractivity contribution in [3.05, 3.63) is 59.7 Å². The zero-order valence-electron chi connectivity index (χ0n) is 19.4. The largest absolute Gasteiger partial charge is 0.480 e. The molecule has 2 amide bonds. The van der Waals surface area contributed by atoms with Crippen LogP contribution in [0.4, 0.5) is 4.79 Å². The van der Waals surface area contributed by atoms with E-state index in [2.05, 4.69) is 29.6 Å². The van der Waals surface area contributed by atoms with Gasteiger partial charge in [0.25, 0.3) is 5.91 Å². The van der Waals surface area contributed by atoms with E-state index in [1.54, 1.807) is 6.92 Å². The van der Waals surface area contributed by atoms with Crippen molar-refractivity contribution in [2.24, 2.45) is 0 Å². The third-order valence-electron chi connectivity index (χ3n) is 6.65. The predicted molar refractivity (Wildman–Crippen MR) is 125 cm³/mol. The lowest BCUT2D eigenvalue weighted by Crippen LogP contribution is -2.47. The van der Waals surface area contributed by atoms with Crippen LogP contribution in [0.25, 0.3) is 11.1 Å². The number of ether oxygens (including phenoxy) is 2. The highest BCUT2D eigenvalue weighted by molar-refractivity contribution is 5.86. The highest BCUT2D eigenvalue weighted by atomic mass is 16.5. The lowest BCUT2D eigenvalue weighted by Gasteiger charge is -2.27. The van der Waals surface area contributed by atoms with Crippen molar-refractivity contribution < 1.29 is 29.0 Å². The molecule has 3 atom stereocenters. The Hall–Kier alpha value is -3.39. The summed E-state index contributed by atoms with van der Waals surface area (Å²) in [5, 5.41) is 11.9. The van der Waals surface area contributed by atoms with Crippen molar-refractivity contribution in [3.8, 4) is 11.1 Å². The lowest BCUT2D eigenvalue weighted by atomic mass is 9.98. The Balaban J connectivity index is 1.27. The number of carbonyl (C=O) groups is 3. The van der Waals surface area contributed by atoms with Gasteiger partial charge in [-0.2, -0.15) is 0 Å². The first-order valence-electron chi connectivity index (χ1n) is 11.7. The summed E-state index contributed by atoms with van der Waals surface area (Å²) in [4.78, 5) is 37.6. The van der Waals surface area contributed by atoms with Crippen LogP contribution in [0.15, 0.2) is 48.5 Å². The Morgan fingerprint density at radius 3 is 2.29 bits per heavy atom. The van der Waals surface area contributed by atoms with E-state index in [1.807, 2.05) is 24.3 Å². The van der Waals surface area contributed by atoms with Gasteiger partial charge in [-0.15, -0.1) is 0 Å². The van der Waals surface area contributed by atoms with Gasteiger partial charge in [-0.1, -0.05) is 48.5 Å². The maximum atomic E-state index is 12.7. The molecule has 0 spiro atoms. The summed E-state index contributed by atoms with van der Waals surface area (Å²) in [6.07, 6.45) is -0.475. The highest BCUT2D eigenvalue weighted by Gasteiger charge is 2.36. The Labute approximate surface area is 198 Å². The number of fused-ring (bicyclic) bond motifs is 3. The normalized spacial score (nSPS) is 19.7. The third-order valence-corrected chi connectivity index (χ3v) is 6.65. The molecule has 2 aromatic rings. The number of carbonyl (C=O) groups excluding carboxylic acids is 2. The predicted octanol–water partition coefficient (Wildman–Crippen LogP) is 3.39. The van der Waals surface area contributed by atoms with Crippen molar-refractivity contribution in [1.82, 2.24) is 10.2 Å². The molecule has 4 rings (SSSR count). The van der Waals surface area contributed by atoms with Crippen LogP contribution in [0.3, 0.4) is 0 Å². The average Bonchev–Trinajstić information content (AvgIpc) is 3.45. The van der Waals surface area contributed by atoms with Crippen molar-refractivity contribution in [2.45, 2.75) is 50.9 Å². The smallest absolute Gasteiger partial charge is 0.407 e. The van der Waals surface area contributed by atoms with Gasteiger partial charge in [-0.3, -0.25) is 4.79 Å². The van der Waals surface area contributed by atoms with Crippen LogP contribution < -0.4 is 5.32 Å². The molecule has 0 saturated carbocycles. The van der Waals surface area contributed by atoms with Crippen LogP contribution in [-0.4, -0.2) is 65.9 Å². The molecule has 0 aromatic heterocycles. The summed E-state index contributed by atoms with van der Waals surface area (Å²) in [6.45, 7) is 3.96. The number of alkyl carbamates (subject to hydrolysis) is 1. The monoisotopic (exact) mass is 466 g/mol. The van der Waals surface area contributed by atoms with Crippen molar-refractivity contribution >= 4 is 18.0 Å². The zero-order valence-corrected chi connectivity index (χ0v) is 19.4. The Kier molecular flexibility index (Phi) is 7.17. The minimum atomic E-state index is -1.05. The number of amides is 2. The number of hydrogen-bond acceptors (Lipinski definition) is 5. The van der Waals surface area contributed by atoms with Crippen LogP contribution in [0.1, 0.15) is 43.7 Å². The summed E-state index contributed by atoms with van der Waals surface area (Å²) in [5.41, 5.74) is 4.63. The van der Waals surface area contributed by atoms with Crippen LogP contribution in [0, 0.1) is 0 Å². The Bertz CT molecular complexity index is 1030. The molecule has 2 N–H and O–H groups in total. The summed E-state index contributed by atoms with van der Waals surface area (Å²) in [7, 11) is 0. The summed E-state index contributed by atoms with van der Waals surface area (Å²) in [6, 6.07) is 15.4.